The van der Waals surface area contributed by atoms with E-state index in [1.165, 1.54) is 0 Å². The summed E-state index contributed by atoms with van der Waals surface area (Å²) in [6.45, 7) is 10.3. The van der Waals surface area contributed by atoms with Crippen molar-refractivity contribution in [3.8, 4) is 0 Å². The molecule has 0 bridgehead atoms. The van der Waals surface area contributed by atoms with Crippen LogP contribution in [0.5, 0.6) is 0 Å². The highest BCUT2D eigenvalue weighted by Crippen LogP contribution is 2.61. The lowest BCUT2D eigenvalue weighted by Gasteiger charge is -2.40. The van der Waals surface area contributed by atoms with Gasteiger partial charge < -0.3 is 19.8 Å². The molecule has 0 aromatic carbocycles. The first kappa shape index (κ1) is 24.3. The molecule has 0 saturated carbocycles. The van der Waals surface area contributed by atoms with Gasteiger partial charge in [0.25, 0.3) is 0 Å². The van der Waals surface area contributed by atoms with Crippen molar-refractivity contribution in [2.45, 2.75) is 68.5 Å². The van der Waals surface area contributed by atoms with Gasteiger partial charge >= 0.3 is 0 Å². The van der Waals surface area contributed by atoms with E-state index in [-0.39, 0.29) is 35.1 Å². The van der Waals surface area contributed by atoms with Gasteiger partial charge in [-0.2, -0.15) is 0 Å². The largest absolute Gasteiger partial charge is 0.396 e. The number of thioether (sulfide) groups is 1. The molecule has 8 heteroatoms. The van der Waals surface area contributed by atoms with E-state index in [2.05, 4.69) is 19.1 Å². The molecule has 4 aliphatic rings. The Balaban J connectivity index is 1.79. The number of hydrogen-bond donors (Lipinski definition) is 1. The van der Waals surface area contributed by atoms with Crippen LogP contribution in [-0.4, -0.2) is 91.9 Å². The maximum Gasteiger partial charge on any atom is 0.247 e. The second-order valence-electron chi connectivity index (χ2n) is 10.5. The van der Waals surface area contributed by atoms with Crippen molar-refractivity contribution < 1.29 is 19.5 Å². The minimum absolute atomic E-state index is 0.0308. The fraction of sp³-hybridized carbons (Fsp3) is 0.720. The molecule has 1 spiro atoms. The Morgan fingerprint density at radius 2 is 1.82 bits per heavy atom. The predicted octanol–water partition coefficient (Wildman–Crippen LogP) is 2.06. The Labute approximate surface area is 201 Å². The van der Waals surface area contributed by atoms with E-state index in [1.54, 1.807) is 16.7 Å². The van der Waals surface area contributed by atoms with Crippen molar-refractivity contribution in [1.82, 2.24) is 14.7 Å². The molecule has 1 unspecified atom stereocenters. The first-order valence-electron chi connectivity index (χ1n) is 12.2. The summed E-state index contributed by atoms with van der Waals surface area (Å²) in [5.74, 6) is -1.12. The van der Waals surface area contributed by atoms with Crippen molar-refractivity contribution >= 4 is 29.5 Å². The highest BCUT2D eigenvalue weighted by molar-refractivity contribution is 8.02. The minimum atomic E-state index is -0.752. The molecule has 0 aliphatic carbocycles. The quantitative estimate of drug-likeness (QED) is 0.470. The molecule has 0 aromatic heterocycles. The topological polar surface area (TPSA) is 81.2 Å². The molecule has 33 heavy (non-hydrogen) atoms. The second-order valence-corrected chi connectivity index (χ2v) is 12.0. The molecule has 7 nitrogen and oxygen atoms in total. The number of unbranched alkanes of at least 4 members (excludes halogenated alkanes) is 1. The number of hydrogen-bond acceptors (Lipinski definition) is 5. The van der Waals surface area contributed by atoms with Crippen LogP contribution in [0.25, 0.3) is 0 Å². The second kappa shape index (κ2) is 9.10. The van der Waals surface area contributed by atoms with E-state index in [0.717, 1.165) is 6.42 Å². The van der Waals surface area contributed by atoms with Gasteiger partial charge in [0.2, 0.25) is 17.7 Å². The van der Waals surface area contributed by atoms with Crippen LogP contribution >= 0.6 is 11.8 Å². The molecule has 2 fully saturated rings. The molecule has 4 aliphatic heterocycles. The average molecular weight is 476 g/mol. The monoisotopic (exact) mass is 475 g/mol. The smallest absolute Gasteiger partial charge is 0.247 e. The molecule has 2 saturated heterocycles. The number of likely N-dealkylation sites (tertiary alicyclic amines) is 1. The molecule has 182 valence electrons. The Hall–Kier alpha value is -1.80. The zero-order chi connectivity index (χ0) is 24.0. The normalized spacial score (nSPS) is 33.8. The average Bonchev–Trinajstić information content (AvgIpc) is 3.05. The SMILES string of the molecule is CCCN1CC=C[C@H]2S[C@]34C=CCN(C(C)(C)C)C(=O)C3N(CCCCO)C(=O)[C@@H]4[C@H]2C1=O. The summed E-state index contributed by atoms with van der Waals surface area (Å²) in [4.78, 5) is 47.2. The van der Waals surface area contributed by atoms with E-state index < -0.39 is 22.6 Å². The number of fused-ring (bicyclic) bond motifs is 2. The van der Waals surface area contributed by atoms with Gasteiger partial charge in [0, 0.05) is 43.6 Å². The molecule has 1 N–H and O–H groups in total. The van der Waals surface area contributed by atoms with Gasteiger partial charge in [0.05, 0.1) is 16.6 Å². The maximum absolute atomic E-state index is 14.0. The molecule has 4 rings (SSSR count). The van der Waals surface area contributed by atoms with Crippen LogP contribution in [0, 0.1) is 11.8 Å². The zero-order valence-electron chi connectivity index (χ0n) is 20.2. The highest BCUT2D eigenvalue weighted by atomic mass is 32.2. The van der Waals surface area contributed by atoms with Crippen molar-refractivity contribution in [3.05, 3.63) is 24.3 Å². The molecular formula is C25H37N3O4S. The fourth-order valence-corrected chi connectivity index (χ4v) is 7.90. The number of rotatable bonds is 6. The van der Waals surface area contributed by atoms with E-state index in [1.807, 2.05) is 42.7 Å². The number of nitrogens with zero attached hydrogens (tertiary/aromatic N) is 3. The first-order chi connectivity index (χ1) is 15.7. The lowest BCUT2D eigenvalue weighted by molar-refractivity contribution is -0.146. The first-order valence-corrected chi connectivity index (χ1v) is 13.1. The Morgan fingerprint density at radius 1 is 1.06 bits per heavy atom. The van der Waals surface area contributed by atoms with Crippen LogP contribution in [0.3, 0.4) is 0 Å². The van der Waals surface area contributed by atoms with Crippen molar-refractivity contribution in [3.63, 3.8) is 0 Å². The zero-order valence-corrected chi connectivity index (χ0v) is 21.0. The van der Waals surface area contributed by atoms with Crippen LogP contribution in [0.2, 0.25) is 0 Å². The molecule has 0 aromatic rings. The molecule has 5 atom stereocenters. The maximum atomic E-state index is 14.0. The van der Waals surface area contributed by atoms with Crippen molar-refractivity contribution in [2.75, 3.05) is 32.8 Å². The van der Waals surface area contributed by atoms with Crippen molar-refractivity contribution in [2.24, 2.45) is 11.8 Å². The summed E-state index contributed by atoms with van der Waals surface area (Å²) in [5, 5.41) is 9.18. The number of carbonyl (C=O) groups excluding carboxylic acids is 3. The lowest BCUT2D eigenvalue weighted by atomic mass is 9.78. The third kappa shape index (κ3) is 3.93. The number of aliphatic hydroxyl groups excluding tert-OH is 1. The number of carbonyl (C=O) groups is 3. The Bertz CT molecular complexity index is 866. The van der Waals surface area contributed by atoms with Gasteiger partial charge in [-0.25, -0.2) is 0 Å². The fourth-order valence-electron chi connectivity index (χ4n) is 5.90. The summed E-state index contributed by atoms with van der Waals surface area (Å²) in [7, 11) is 0. The van der Waals surface area contributed by atoms with Crippen LogP contribution in [0.4, 0.5) is 0 Å². The van der Waals surface area contributed by atoms with E-state index in [4.69, 9.17) is 0 Å². The van der Waals surface area contributed by atoms with Crippen LogP contribution in [0.1, 0.15) is 47.0 Å². The van der Waals surface area contributed by atoms with Crippen LogP contribution < -0.4 is 0 Å². The lowest BCUT2D eigenvalue weighted by Crippen LogP contribution is -2.57. The van der Waals surface area contributed by atoms with E-state index >= 15 is 0 Å². The van der Waals surface area contributed by atoms with Crippen LogP contribution in [-0.2, 0) is 14.4 Å². The summed E-state index contributed by atoms with van der Waals surface area (Å²) < 4.78 is -0.752. The third-order valence-electron chi connectivity index (χ3n) is 7.35. The third-order valence-corrected chi connectivity index (χ3v) is 9.10. The van der Waals surface area contributed by atoms with Gasteiger partial charge in [-0.05, 0) is 40.0 Å². The van der Waals surface area contributed by atoms with E-state index in [9.17, 15) is 19.5 Å². The minimum Gasteiger partial charge on any atom is -0.396 e. The molecule has 3 amide bonds. The van der Waals surface area contributed by atoms with Gasteiger partial charge in [-0.1, -0.05) is 31.2 Å². The van der Waals surface area contributed by atoms with Crippen LogP contribution in [0.15, 0.2) is 24.3 Å². The van der Waals surface area contributed by atoms with Gasteiger partial charge in [-0.3, -0.25) is 14.4 Å². The number of amides is 3. The summed E-state index contributed by atoms with van der Waals surface area (Å²) in [6.07, 6.45) is 10.3. The number of aliphatic hydroxyl groups is 1. The van der Waals surface area contributed by atoms with Crippen molar-refractivity contribution in [1.29, 1.82) is 0 Å². The molecule has 0 radical (unpaired) electrons. The Morgan fingerprint density at radius 3 is 2.48 bits per heavy atom. The highest BCUT2D eigenvalue weighted by Gasteiger charge is 2.71. The Kier molecular flexibility index (Phi) is 6.71. The molecule has 4 heterocycles. The van der Waals surface area contributed by atoms with E-state index in [0.29, 0.717) is 39.0 Å². The summed E-state index contributed by atoms with van der Waals surface area (Å²) in [6, 6.07) is -0.635. The summed E-state index contributed by atoms with van der Waals surface area (Å²) in [5.41, 5.74) is -0.383. The van der Waals surface area contributed by atoms with Gasteiger partial charge in [0.1, 0.15) is 6.04 Å². The predicted molar refractivity (Wildman–Crippen MR) is 130 cm³/mol. The van der Waals surface area contributed by atoms with Gasteiger partial charge in [-0.15, -0.1) is 11.8 Å². The molecular weight excluding hydrogens is 438 g/mol. The summed E-state index contributed by atoms with van der Waals surface area (Å²) >= 11 is 1.63. The van der Waals surface area contributed by atoms with Gasteiger partial charge in [0.15, 0.2) is 0 Å². The standard InChI is InChI=1S/C25H37N3O4S/c1-5-12-26-13-8-10-17-18(21(26)30)19-22(31)27(14-6-7-16-29)20-23(32)28(24(2,3)4)15-9-11-25(19,20)33-17/h8-11,17-20,29H,5-7,12-16H2,1-4H3/t17-,18+,19+,20?,25+/m1/s1.